The Bertz CT molecular complexity index is 199. The molecule has 8 heteroatoms. The van der Waals surface area contributed by atoms with Gasteiger partial charge in [-0.3, -0.25) is 9.59 Å². The van der Waals surface area contributed by atoms with Crippen LogP contribution in [0.15, 0.2) is 0 Å². The normalized spacial score (nSPS) is 13.3. The maximum atomic E-state index is 9.91. The van der Waals surface area contributed by atoms with Crippen LogP contribution in [-0.2, 0) is 9.59 Å². The number of aliphatic carboxylic acids is 2. The topological polar surface area (TPSA) is 179 Å². The molecule has 0 fully saturated rings. The number of nitrogens with two attached hydrogens (primary N) is 4. The first kappa shape index (κ1) is 16.2. The van der Waals surface area contributed by atoms with Crippen molar-refractivity contribution in [2.45, 2.75) is 18.5 Å². The molecular weight excluding hydrogens is 204 g/mol. The first-order chi connectivity index (χ1) is 6.86. The molecule has 0 aliphatic rings. The molecule has 0 rings (SSSR count). The molecule has 0 aliphatic heterocycles. The minimum absolute atomic E-state index is 0.00463. The van der Waals surface area contributed by atoms with Crippen LogP contribution < -0.4 is 22.9 Å². The van der Waals surface area contributed by atoms with Crippen LogP contribution in [-0.4, -0.2) is 47.3 Å². The van der Waals surface area contributed by atoms with Crippen LogP contribution >= 0.6 is 0 Å². The first-order valence-corrected chi connectivity index (χ1v) is 4.23. The Hall–Kier alpha value is -1.22. The second-order valence-corrected chi connectivity index (χ2v) is 2.70. The van der Waals surface area contributed by atoms with E-state index in [9.17, 15) is 9.59 Å². The molecule has 0 heterocycles. The molecule has 0 bridgehead atoms. The van der Waals surface area contributed by atoms with Gasteiger partial charge in [0.2, 0.25) is 0 Å². The summed E-state index contributed by atoms with van der Waals surface area (Å²) in [5.41, 5.74) is 19.8. The van der Waals surface area contributed by atoms with Gasteiger partial charge in [0.05, 0.1) is 0 Å². The van der Waals surface area contributed by atoms with E-state index in [0.29, 0.717) is 13.0 Å². The van der Waals surface area contributed by atoms with Crippen molar-refractivity contribution in [2.24, 2.45) is 22.9 Å². The van der Waals surface area contributed by atoms with E-state index >= 15 is 0 Å². The lowest BCUT2D eigenvalue weighted by Crippen LogP contribution is -2.37. The highest BCUT2D eigenvalue weighted by molar-refractivity contribution is 5.73. The fraction of sp³-hybridized carbons (Fsp3) is 0.714. The molecule has 0 amide bonds. The molecular formula is C7H18N4O4. The van der Waals surface area contributed by atoms with Gasteiger partial charge in [0, 0.05) is 6.54 Å². The molecule has 2 atom stereocenters. The van der Waals surface area contributed by atoms with E-state index < -0.39 is 24.0 Å². The predicted octanol–water partition coefficient (Wildman–Crippen LogP) is -2.90. The molecule has 0 aliphatic carbocycles. The van der Waals surface area contributed by atoms with Gasteiger partial charge in [0.1, 0.15) is 12.1 Å². The highest BCUT2D eigenvalue weighted by Gasteiger charge is 2.08. The van der Waals surface area contributed by atoms with Crippen LogP contribution in [0.2, 0.25) is 0 Å². The summed E-state index contributed by atoms with van der Waals surface area (Å²) in [4.78, 5) is 19.6. The molecule has 0 aromatic rings. The van der Waals surface area contributed by atoms with E-state index in [0.717, 1.165) is 0 Å². The minimum Gasteiger partial charge on any atom is -0.480 e. The summed E-state index contributed by atoms with van der Waals surface area (Å²) in [6.07, 6.45) is 0.343. The van der Waals surface area contributed by atoms with Crippen molar-refractivity contribution < 1.29 is 19.8 Å². The number of carboxylic acid groups (broad SMARTS) is 2. The molecule has 0 saturated carbocycles. The van der Waals surface area contributed by atoms with Gasteiger partial charge in [-0.1, -0.05) is 0 Å². The van der Waals surface area contributed by atoms with Gasteiger partial charge < -0.3 is 33.1 Å². The Balaban J connectivity index is 0. The standard InChI is InChI=1S/C4H10N2O2.C3H8N2O2/c5-2-1-3(6)4(7)8;4-1-2(5)3(6)7/h3H,1-2,5-6H2,(H,7,8);2H,1,4-5H2,(H,6,7)/t3-;2-/m00/s1. The third-order valence-electron chi connectivity index (χ3n) is 1.37. The second kappa shape index (κ2) is 9.34. The largest absolute Gasteiger partial charge is 0.480 e. The maximum Gasteiger partial charge on any atom is 0.321 e. The fourth-order valence-electron chi connectivity index (χ4n) is 0.404. The molecule has 0 spiro atoms. The summed E-state index contributed by atoms with van der Waals surface area (Å²) in [5, 5.41) is 16.1. The lowest BCUT2D eigenvalue weighted by atomic mass is 10.2. The highest BCUT2D eigenvalue weighted by Crippen LogP contribution is 1.82. The Morgan fingerprint density at radius 1 is 1.00 bits per heavy atom. The van der Waals surface area contributed by atoms with Crippen LogP contribution in [0, 0.1) is 0 Å². The molecule has 8 nitrogen and oxygen atoms in total. The van der Waals surface area contributed by atoms with Crippen LogP contribution in [0.1, 0.15) is 6.42 Å². The summed E-state index contributed by atoms with van der Waals surface area (Å²) in [5.74, 6) is -2.04. The van der Waals surface area contributed by atoms with Crippen molar-refractivity contribution in [3.05, 3.63) is 0 Å². The minimum atomic E-state index is -1.05. The predicted molar refractivity (Wildman–Crippen MR) is 53.9 cm³/mol. The van der Waals surface area contributed by atoms with Crippen LogP contribution in [0.5, 0.6) is 0 Å². The molecule has 0 aromatic heterocycles. The smallest absolute Gasteiger partial charge is 0.321 e. The third kappa shape index (κ3) is 10.7. The van der Waals surface area contributed by atoms with Crippen LogP contribution in [0.3, 0.4) is 0 Å². The van der Waals surface area contributed by atoms with Crippen molar-refractivity contribution in [3.63, 3.8) is 0 Å². The first-order valence-electron chi connectivity index (χ1n) is 4.23. The summed E-state index contributed by atoms with van der Waals surface area (Å²) in [7, 11) is 0. The summed E-state index contributed by atoms with van der Waals surface area (Å²) in [6, 6.07) is -1.69. The number of rotatable bonds is 5. The van der Waals surface area contributed by atoms with Gasteiger partial charge in [-0.2, -0.15) is 0 Å². The quantitative estimate of drug-likeness (QED) is 0.286. The molecule has 10 N–H and O–H groups in total. The van der Waals surface area contributed by atoms with Gasteiger partial charge in [-0.05, 0) is 13.0 Å². The number of carboxylic acids is 2. The summed E-state index contributed by atoms with van der Waals surface area (Å²) in [6.45, 7) is 0.322. The van der Waals surface area contributed by atoms with E-state index in [2.05, 4.69) is 0 Å². The molecule has 15 heavy (non-hydrogen) atoms. The third-order valence-corrected chi connectivity index (χ3v) is 1.37. The van der Waals surface area contributed by atoms with Crippen molar-refractivity contribution >= 4 is 11.9 Å². The Kier molecular flexibility index (Phi) is 10.1. The zero-order valence-corrected chi connectivity index (χ0v) is 8.30. The maximum absolute atomic E-state index is 9.91. The molecule has 0 saturated heterocycles. The van der Waals surface area contributed by atoms with Gasteiger partial charge in [0.25, 0.3) is 0 Å². The highest BCUT2D eigenvalue weighted by atomic mass is 16.4. The van der Waals surface area contributed by atoms with Crippen molar-refractivity contribution in [1.29, 1.82) is 0 Å². The average molecular weight is 222 g/mol. The van der Waals surface area contributed by atoms with E-state index in [1.54, 1.807) is 0 Å². The van der Waals surface area contributed by atoms with E-state index in [1.165, 1.54) is 0 Å². The van der Waals surface area contributed by atoms with Gasteiger partial charge in [-0.15, -0.1) is 0 Å². The second-order valence-electron chi connectivity index (χ2n) is 2.70. The van der Waals surface area contributed by atoms with Crippen molar-refractivity contribution in [3.8, 4) is 0 Å². The Morgan fingerprint density at radius 3 is 1.47 bits per heavy atom. The van der Waals surface area contributed by atoms with Crippen LogP contribution in [0.4, 0.5) is 0 Å². The van der Waals surface area contributed by atoms with Crippen molar-refractivity contribution in [1.82, 2.24) is 0 Å². The lowest BCUT2D eigenvalue weighted by molar-refractivity contribution is -0.139. The molecule has 0 unspecified atom stereocenters. The van der Waals surface area contributed by atoms with E-state index in [1.807, 2.05) is 0 Å². The average Bonchev–Trinajstić information content (AvgIpc) is 2.17. The SMILES string of the molecule is NCC[C@H](N)C(=O)O.NC[C@H](N)C(=O)O. The summed E-state index contributed by atoms with van der Waals surface area (Å²) >= 11 is 0. The number of hydrogen-bond acceptors (Lipinski definition) is 6. The lowest BCUT2D eigenvalue weighted by Gasteiger charge is -2.00. The molecule has 0 radical (unpaired) electrons. The molecule has 90 valence electrons. The number of hydrogen-bond donors (Lipinski definition) is 6. The van der Waals surface area contributed by atoms with Gasteiger partial charge in [-0.25, -0.2) is 0 Å². The zero-order valence-electron chi connectivity index (χ0n) is 8.30. The van der Waals surface area contributed by atoms with Gasteiger partial charge >= 0.3 is 11.9 Å². The zero-order chi connectivity index (χ0) is 12.4. The fourth-order valence-corrected chi connectivity index (χ4v) is 0.404. The number of carbonyl (C=O) groups is 2. The van der Waals surface area contributed by atoms with Crippen LogP contribution in [0.25, 0.3) is 0 Å². The Labute approximate surface area is 87.2 Å². The van der Waals surface area contributed by atoms with E-state index in [-0.39, 0.29) is 6.54 Å². The van der Waals surface area contributed by atoms with Gasteiger partial charge in [0.15, 0.2) is 0 Å². The van der Waals surface area contributed by atoms with E-state index in [4.69, 9.17) is 33.1 Å². The Morgan fingerprint density at radius 2 is 1.40 bits per heavy atom. The van der Waals surface area contributed by atoms with Crippen molar-refractivity contribution in [2.75, 3.05) is 13.1 Å². The molecule has 0 aromatic carbocycles. The monoisotopic (exact) mass is 222 g/mol. The summed E-state index contributed by atoms with van der Waals surface area (Å²) < 4.78 is 0.